The van der Waals surface area contributed by atoms with Gasteiger partial charge in [-0.3, -0.25) is 9.63 Å². The van der Waals surface area contributed by atoms with E-state index in [1.807, 2.05) is 13.8 Å². The van der Waals surface area contributed by atoms with Gasteiger partial charge in [-0.15, -0.1) is 0 Å². The van der Waals surface area contributed by atoms with Gasteiger partial charge in [0.25, 0.3) is 5.91 Å². The summed E-state index contributed by atoms with van der Waals surface area (Å²) < 4.78 is 12.8. The fourth-order valence-electron chi connectivity index (χ4n) is 1.02. The molecule has 0 saturated heterocycles. The lowest BCUT2D eigenvalue weighted by Crippen LogP contribution is -2.25. The molecule has 1 rings (SSSR count). The van der Waals surface area contributed by atoms with Crippen LogP contribution in [0.3, 0.4) is 0 Å². The highest BCUT2D eigenvalue weighted by molar-refractivity contribution is 5.96. The van der Waals surface area contributed by atoms with Gasteiger partial charge < -0.3 is 5.11 Å². The lowest BCUT2D eigenvalue weighted by molar-refractivity contribution is 0.0206. The van der Waals surface area contributed by atoms with E-state index >= 15 is 0 Å². The second-order valence-corrected chi connectivity index (χ2v) is 3.80. The zero-order valence-corrected chi connectivity index (χ0v) is 9.16. The lowest BCUT2D eigenvalue weighted by atomic mass is 10.2. The Kier molecular flexibility index (Phi) is 4.25. The van der Waals surface area contributed by atoms with Crippen LogP contribution in [0.1, 0.15) is 24.2 Å². The SMILES string of the molecule is CC(C)CONC(=O)c1cc(F)ccc1O. The molecule has 0 atom stereocenters. The number of hydrogen-bond donors (Lipinski definition) is 2. The predicted molar refractivity (Wildman–Crippen MR) is 56.3 cm³/mol. The van der Waals surface area contributed by atoms with Crippen LogP contribution in [-0.2, 0) is 4.84 Å². The Hall–Kier alpha value is -1.62. The van der Waals surface area contributed by atoms with E-state index in [1.54, 1.807) is 0 Å². The Morgan fingerprint density at radius 1 is 1.56 bits per heavy atom. The summed E-state index contributed by atoms with van der Waals surface area (Å²) in [7, 11) is 0. The minimum Gasteiger partial charge on any atom is -0.507 e. The third-order valence-electron chi connectivity index (χ3n) is 1.78. The van der Waals surface area contributed by atoms with Gasteiger partial charge in [0.05, 0.1) is 12.2 Å². The van der Waals surface area contributed by atoms with Crippen molar-refractivity contribution in [3.63, 3.8) is 0 Å². The highest BCUT2D eigenvalue weighted by atomic mass is 19.1. The van der Waals surface area contributed by atoms with E-state index in [9.17, 15) is 14.3 Å². The van der Waals surface area contributed by atoms with Crippen molar-refractivity contribution in [2.75, 3.05) is 6.61 Å². The normalized spacial score (nSPS) is 10.5. The largest absolute Gasteiger partial charge is 0.507 e. The fourth-order valence-corrected chi connectivity index (χ4v) is 1.02. The molecular formula is C11H14FNO3. The van der Waals surface area contributed by atoms with Gasteiger partial charge in [0.15, 0.2) is 0 Å². The number of hydroxylamine groups is 1. The van der Waals surface area contributed by atoms with Crippen molar-refractivity contribution < 1.29 is 19.1 Å². The molecule has 0 unspecified atom stereocenters. The molecular weight excluding hydrogens is 213 g/mol. The van der Waals surface area contributed by atoms with Gasteiger partial charge in [-0.2, -0.15) is 0 Å². The topological polar surface area (TPSA) is 58.6 Å². The number of amides is 1. The van der Waals surface area contributed by atoms with Gasteiger partial charge in [-0.25, -0.2) is 9.87 Å². The summed E-state index contributed by atoms with van der Waals surface area (Å²) in [6.07, 6.45) is 0. The smallest absolute Gasteiger partial charge is 0.278 e. The van der Waals surface area contributed by atoms with Crippen LogP contribution in [0.4, 0.5) is 4.39 Å². The van der Waals surface area contributed by atoms with Crippen molar-refractivity contribution in [2.24, 2.45) is 5.92 Å². The van der Waals surface area contributed by atoms with Gasteiger partial charge in [0.2, 0.25) is 0 Å². The van der Waals surface area contributed by atoms with Crippen LogP contribution in [0, 0.1) is 11.7 Å². The standard InChI is InChI=1S/C11H14FNO3/c1-7(2)6-16-13-11(15)9-5-8(12)3-4-10(9)14/h3-5,7,14H,6H2,1-2H3,(H,13,15). The second-order valence-electron chi connectivity index (χ2n) is 3.80. The first-order chi connectivity index (χ1) is 7.50. The molecule has 0 aliphatic rings. The summed E-state index contributed by atoms with van der Waals surface area (Å²) in [6, 6.07) is 3.14. The molecule has 0 fully saturated rings. The molecule has 0 radical (unpaired) electrons. The molecule has 5 heteroatoms. The molecule has 0 aliphatic carbocycles. The van der Waals surface area contributed by atoms with Gasteiger partial charge in [0, 0.05) is 0 Å². The summed E-state index contributed by atoms with van der Waals surface area (Å²) in [4.78, 5) is 16.3. The molecule has 88 valence electrons. The maximum atomic E-state index is 12.8. The quantitative estimate of drug-likeness (QED) is 0.772. The number of phenolic OH excluding ortho intramolecular Hbond substituents is 1. The minimum atomic E-state index is -0.669. The van der Waals surface area contributed by atoms with Crippen LogP contribution in [-0.4, -0.2) is 17.6 Å². The summed E-state index contributed by atoms with van der Waals surface area (Å²) in [6.45, 7) is 4.19. The van der Waals surface area contributed by atoms with E-state index in [2.05, 4.69) is 5.48 Å². The van der Waals surface area contributed by atoms with E-state index in [1.165, 1.54) is 0 Å². The third-order valence-corrected chi connectivity index (χ3v) is 1.78. The van der Waals surface area contributed by atoms with E-state index < -0.39 is 11.7 Å². The third kappa shape index (κ3) is 3.51. The molecule has 1 aromatic rings. The zero-order chi connectivity index (χ0) is 12.1. The second kappa shape index (κ2) is 5.46. The molecule has 0 aromatic heterocycles. The van der Waals surface area contributed by atoms with Crippen LogP contribution in [0.15, 0.2) is 18.2 Å². The minimum absolute atomic E-state index is 0.149. The number of halogens is 1. The maximum Gasteiger partial charge on any atom is 0.278 e. The number of aromatic hydroxyl groups is 1. The Balaban J connectivity index is 2.62. The number of hydrogen-bond acceptors (Lipinski definition) is 3. The van der Waals surface area contributed by atoms with Crippen LogP contribution in [0.2, 0.25) is 0 Å². The van der Waals surface area contributed by atoms with Crippen molar-refractivity contribution in [3.8, 4) is 5.75 Å². The number of nitrogens with one attached hydrogen (secondary N) is 1. The van der Waals surface area contributed by atoms with Gasteiger partial charge in [-0.05, 0) is 24.1 Å². The Labute approximate surface area is 93.0 Å². The summed E-state index contributed by atoms with van der Waals surface area (Å²) in [5.41, 5.74) is 1.98. The van der Waals surface area contributed by atoms with Gasteiger partial charge in [0.1, 0.15) is 11.6 Å². The van der Waals surface area contributed by atoms with Crippen LogP contribution < -0.4 is 5.48 Å². The lowest BCUT2D eigenvalue weighted by Gasteiger charge is -2.08. The molecule has 16 heavy (non-hydrogen) atoms. The molecule has 1 aromatic carbocycles. The number of carbonyl (C=O) groups is 1. The number of carbonyl (C=O) groups excluding carboxylic acids is 1. The Morgan fingerprint density at radius 3 is 2.88 bits per heavy atom. The van der Waals surface area contributed by atoms with Crippen LogP contribution in [0.5, 0.6) is 5.75 Å². The van der Waals surface area contributed by atoms with Gasteiger partial charge in [-0.1, -0.05) is 13.8 Å². The van der Waals surface area contributed by atoms with Crippen molar-refractivity contribution in [1.82, 2.24) is 5.48 Å². The Morgan fingerprint density at radius 2 is 2.25 bits per heavy atom. The van der Waals surface area contributed by atoms with Crippen molar-refractivity contribution >= 4 is 5.91 Å². The predicted octanol–water partition coefficient (Wildman–Crippen LogP) is 1.85. The zero-order valence-electron chi connectivity index (χ0n) is 9.16. The van der Waals surface area contributed by atoms with Crippen molar-refractivity contribution in [3.05, 3.63) is 29.6 Å². The van der Waals surface area contributed by atoms with Crippen LogP contribution >= 0.6 is 0 Å². The van der Waals surface area contributed by atoms with E-state index in [-0.39, 0.29) is 17.2 Å². The fraction of sp³-hybridized carbons (Fsp3) is 0.364. The maximum absolute atomic E-state index is 12.8. The molecule has 4 nitrogen and oxygen atoms in total. The summed E-state index contributed by atoms with van der Waals surface area (Å²) >= 11 is 0. The van der Waals surface area contributed by atoms with Crippen molar-refractivity contribution in [2.45, 2.75) is 13.8 Å². The molecule has 0 saturated carbocycles. The first-order valence-electron chi connectivity index (χ1n) is 4.91. The van der Waals surface area contributed by atoms with Gasteiger partial charge >= 0.3 is 0 Å². The number of benzene rings is 1. The number of phenols is 1. The molecule has 2 N–H and O–H groups in total. The average molecular weight is 227 g/mol. The van der Waals surface area contributed by atoms with Crippen molar-refractivity contribution in [1.29, 1.82) is 0 Å². The molecule has 0 aliphatic heterocycles. The summed E-state index contributed by atoms with van der Waals surface area (Å²) in [5.74, 6) is -1.28. The number of rotatable bonds is 4. The van der Waals surface area contributed by atoms with E-state index in [4.69, 9.17) is 4.84 Å². The first-order valence-corrected chi connectivity index (χ1v) is 4.91. The average Bonchev–Trinajstić information content (AvgIpc) is 2.21. The highest BCUT2D eigenvalue weighted by Crippen LogP contribution is 2.17. The van der Waals surface area contributed by atoms with E-state index in [0.29, 0.717) is 6.61 Å². The molecule has 0 bridgehead atoms. The summed E-state index contributed by atoms with van der Waals surface area (Å²) in [5, 5.41) is 9.33. The van der Waals surface area contributed by atoms with E-state index in [0.717, 1.165) is 18.2 Å². The highest BCUT2D eigenvalue weighted by Gasteiger charge is 2.12. The molecule has 0 spiro atoms. The first kappa shape index (κ1) is 12.4. The Bertz CT molecular complexity index is 379. The molecule has 0 heterocycles. The molecule has 1 amide bonds. The van der Waals surface area contributed by atoms with Crippen LogP contribution in [0.25, 0.3) is 0 Å². The monoisotopic (exact) mass is 227 g/mol.